The number of amides is 1. The Morgan fingerprint density at radius 3 is 2.40 bits per heavy atom. The van der Waals surface area contributed by atoms with Gasteiger partial charge in [0.15, 0.2) is 0 Å². The van der Waals surface area contributed by atoms with Gasteiger partial charge in [0.05, 0.1) is 26.2 Å². The van der Waals surface area contributed by atoms with Crippen LogP contribution in [0.25, 0.3) is 0 Å². The number of carbonyl (C=O) groups is 1. The van der Waals surface area contributed by atoms with Crippen molar-refractivity contribution in [2.45, 2.75) is 26.3 Å². The van der Waals surface area contributed by atoms with Crippen molar-refractivity contribution < 1.29 is 14.3 Å². The number of aryl methyl sites for hydroxylation is 2. The van der Waals surface area contributed by atoms with E-state index in [9.17, 15) is 10.1 Å². The van der Waals surface area contributed by atoms with Gasteiger partial charge in [0.1, 0.15) is 17.5 Å². The zero-order valence-electron chi connectivity index (χ0n) is 17.9. The van der Waals surface area contributed by atoms with Crippen molar-refractivity contribution in [2.75, 3.05) is 39.9 Å². The lowest BCUT2D eigenvalue weighted by molar-refractivity contribution is -0.133. The van der Waals surface area contributed by atoms with Crippen LogP contribution < -0.4 is 9.47 Å². The van der Waals surface area contributed by atoms with Crippen LogP contribution in [0.15, 0.2) is 42.5 Å². The van der Waals surface area contributed by atoms with E-state index in [-0.39, 0.29) is 11.9 Å². The van der Waals surface area contributed by atoms with Crippen molar-refractivity contribution >= 4 is 5.91 Å². The number of ether oxygens (including phenoxy) is 2. The van der Waals surface area contributed by atoms with Gasteiger partial charge in [0.2, 0.25) is 5.91 Å². The van der Waals surface area contributed by atoms with Gasteiger partial charge in [-0.2, -0.15) is 5.26 Å². The molecule has 30 heavy (non-hydrogen) atoms. The minimum absolute atomic E-state index is 0.0948. The highest BCUT2D eigenvalue weighted by atomic mass is 16.5. The third-order valence-electron chi connectivity index (χ3n) is 5.49. The molecule has 0 saturated carbocycles. The van der Waals surface area contributed by atoms with Gasteiger partial charge in [-0.1, -0.05) is 29.8 Å². The maximum atomic E-state index is 12.6. The molecule has 3 rings (SSSR count). The molecule has 1 aliphatic heterocycles. The molecular weight excluding hydrogens is 378 g/mol. The highest BCUT2D eigenvalue weighted by molar-refractivity contribution is 5.76. The van der Waals surface area contributed by atoms with E-state index >= 15 is 0 Å². The molecule has 1 unspecified atom stereocenters. The molecule has 1 saturated heterocycles. The SMILES string of the molecule is COc1ccc(C(C#N)N2CCN(C(=O)CCOc3ccc(C)cc3C)CC2)cc1. The molecule has 6 nitrogen and oxygen atoms in total. The lowest BCUT2D eigenvalue weighted by Crippen LogP contribution is -2.49. The van der Waals surface area contributed by atoms with Gasteiger partial charge in [-0.05, 0) is 43.2 Å². The molecule has 0 N–H and O–H groups in total. The van der Waals surface area contributed by atoms with Crippen molar-refractivity contribution in [3.63, 3.8) is 0 Å². The average molecular weight is 408 g/mol. The van der Waals surface area contributed by atoms with E-state index in [1.165, 1.54) is 5.56 Å². The molecule has 158 valence electrons. The molecule has 6 heteroatoms. The monoisotopic (exact) mass is 407 g/mol. The first-order valence-corrected chi connectivity index (χ1v) is 10.3. The first-order chi connectivity index (χ1) is 14.5. The van der Waals surface area contributed by atoms with Gasteiger partial charge in [0.25, 0.3) is 0 Å². The minimum atomic E-state index is -0.319. The molecule has 0 aliphatic carbocycles. The van der Waals surface area contributed by atoms with E-state index in [1.807, 2.05) is 55.1 Å². The van der Waals surface area contributed by atoms with Crippen molar-refractivity contribution in [1.29, 1.82) is 5.26 Å². The number of hydrogen-bond donors (Lipinski definition) is 0. The number of nitriles is 1. The zero-order chi connectivity index (χ0) is 21.5. The summed E-state index contributed by atoms with van der Waals surface area (Å²) in [4.78, 5) is 16.6. The molecule has 1 amide bonds. The summed E-state index contributed by atoms with van der Waals surface area (Å²) in [7, 11) is 1.63. The van der Waals surface area contributed by atoms with Crippen LogP contribution in [-0.4, -0.2) is 55.6 Å². The largest absolute Gasteiger partial charge is 0.497 e. The zero-order valence-corrected chi connectivity index (χ0v) is 17.9. The topological polar surface area (TPSA) is 65.8 Å². The maximum absolute atomic E-state index is 12.6. The number of hydrogen-bond acceptors (Lipinski definition) is 5. The summed E-state index contributed by atoms with van der Waals surface area (Å²) in [5.74, 6) is 1.70. The summed E-state index contributed by atoms with van der Waals surface area (Å²) in [6, 6.07) is 15.7. The smallest absolute Gasteiger partial charge is 0.226 e. The van der Waals surface area contributed by atoms with E-state index in [4.69, 9.17) is 9.47 Å². The van der Waals surface area contributed by atoms with Crippen LogP contribution in [-0.2, 0) is 4.79 Å². The Morgan fingerprint density at radius 2 is 1.80 bits per heavy atom. The first kappa shape index (κ1) is 21.7. The number of benzene rings is 2. The molecule has 0 radical (unpaired) electrons. The van der Waals surface area contributed by atoms with Crippen molar-refractivity contribution in [3.05, 3.63) is 59.2 Å². The van der Waals surface area contributed by atoms with E-state index < -0.39 is 0 Å². The Balaban J connectivity index is 1.47. The molecule has 2 aromatic carbocycles. The van der Waals surface area contributed by atoms with Crippen LogP contribution in [0.3, 0.4) is 0 Å². The quantitative estimate of drug-likeness (QED) is 0.703. The Morgan fingerprint density at radius 1 is 1.10 bits per heavy atom. The first-order valence-electron chi connectivity index (χ1n) is 10.3. The Hall–Kier alpha value is -3.04. The summed E-state index contributed by atoms with van der Waals surface area (Å²) in [5, 5.41) is 9.68. The number of methoxy groups -OCH3 is 1. The fourth-order valence-electron chi connectivity index (χ4n) is 3.75. The highest BCUT2D eigenvalue weighted by Gasteiger charge is 2.27. The van der Waals surface area contributed by atoms with Crippen LogP contribution in [0.5, 0.6) is 11.5 Å². The number of nitrogens with zero attached hydrogens (tertiary/aromatic N) is 3. The van der Waals surface area contributed by atoms with Crippen LogP contribution >= 0.6 is 0 Å². The predicted octanol–water partition coefficient (Wildman–Crippen LogP) is 3.49. The second-order valence-corrected chi connectivity index (χ2v) is 7.59. The Kier molecular flexibility index (Phi) is 7.31. The van der Waals surface area contributed by atoms with Gasteiger partial charge in [-0.3, -0.25) is 9.69 Å². The Bertz CT molecular complexity index is 897. The normalized spacial score (nSPS) is 15.3. The van der Waals surface area contributed by atoms with Gasteiger partial charge in [-0.25, -0.2) is 0 Å². The fraction of sp³-hybridized carbons (Fsp3) is 0.417. The maximum Gasteiger partial charge on any atom is 0.226 e. The molecular formula is C24H29N3O3. The fourth-order valence-corrected chi connectivity index (χ4v) is 3.75. The predicted molar refractivity (Wildman–Crippen MR) is 116 cm³/mol. The third-order valence-corrected chi connectivity index (χ3v) is 5.49. The van der Waals surface area contributed by atoms with E-state index in [1.54, 1.807) is 7.11 Å². The van der Waals surface area contributed by atoms with Crippen molar-refractivity contribution in [1.82, 2.24) is 9.80 Å². The number of rotatable bonds is 7. The summed E-state index contributed by atoms with van der Waals surface area (Å²) in [6.07, 6.45) is 0.355. The summed E-state index contributed by atoms with van der Waals surface area (Å²) < 4.78 is 11.0. The molecule has 1 fully saturated rings. The molecule has 0 aromatic heterocycles. The van der Waals surface area contributed by atoms with Gasteiger partial charge < -0.3 is 14.4 Å². The lowest BCUT2D eigenvalue weighted by atomic mass is 10.1. The van der Waals surface area contributed by atoms with Crippen LogP contribution in [0.1, 0.15) is 29.2 Å². The van der Waals surface area contributed by atoms with E-state index in [2.05, 4.69) is 17.0 Å². The third kappa shape index (κ3) is 5.31. The molecule has 1 aliphatic rings. The summed E-state index contributed by atoms with van der Waals surface area (Å²) in [6.45, 7) is 7.02. The Labute approximate surface area is 178 Å². The standard InChI is InChI=1S/C24H29N3O3/c1-18-4-9-23(19(2)16-18)30-15-10-24(28)27-13-11-26(12-14-27)22(17-25)20-5-7-21(29-3)8-6-20/h4-9,16,22H,10-15H2,1-3H3. The summed E-state index contributed by atoms with van der Waals surface area (Å²) >= 11 is 0. The second-order valence-electron chi connectivity index (χ2n) is 7.59. The number of carbonyl (C=O) groups excluding carboxylic acids is 1. The second kappa shape index (κ2) is 10.1. The van der Waals surface area contributed by atoms with Crippen LogP contribution in [0, 0.1) is 25.2 Å². The molecule has 2 aromatic rings. The van der Waals surface area contributed by atoms with Gasteiger partial charge >= 0.3 is 0 Å². The number of piperazine rings is 1. The van der Waals surface area contributed by atoms with Crippen molar-refractivity contribution in [2.24, 2.45) is 0 Å². The highest BCUT2D eigenvalue weighted by Crippen LogP contribution is 2.24. The van der Waals surface area contributed by atoms with Crippen LogP contribution in [0.4, 0.5) is 0 Å². The van der Waals surface area contributed by atoms with E-state index in [0.29, 0.717) is 39.2 Å². The lowest BCUT2D eigenvalue weighted by Gasteiger charge is -2.37. The average Bonchev–Trinajstić information content (AvgIpc) is 2.76. The molecule has 1 atom stereocenters. The van der Waals surface area contributed by atoms with E-state index in [0.717, 1.165) is 22.6 Å². The molecule has 0 spiro atoms. The van der Waals surface area contributed by atoms with Crippen molar-refractivity contribution in [3.8, 4) is 17.6 Å². The molecule has 0 bridgehead atoms. The molecule has 1 heterocycles. The van der Waals surface area contributed by atoms with Gasteiger partial charge in [-0.15, -0.1) is 0 Å². The van der Waals surface area contributed by atoms with Gasteiger partial charge in [0, 0.05) is 26.2 Å². The summed E-state index contributed by atoms with van der Waals surface area (Å²) in [5.41, 5.74) is 3.22. The minimum Gasteiger partial charge on any atom is -0.497 e. The van der Waals surface area contributed by atoms with Crippen LogP contribution in [0.2, 0.25) is 0 Å².